The van der Waals surface area contributed by atoms with E-state index in [0.717, 1.165) is 77.8 Å². The van der Waals surface area contributed by atoms with Crippen LogP contribution in [0.5, 0.6) is 5.75 Å². The number of amides is 4. The molecule has 2 unspecified atom stereocenters. The highest BCUT2D eigenvalue weighted by Crippen LogP contribution is 2.67. The number of aryl methyl sites for hydroxylation is 1. The van der Waals surface area contributed by atoms with Crippen LogP contribution in [0, 0.1) is 52.7 Å². The summed E-state index contributed by atoms with van der Waals surface area (Å²) in [6, 6.07) is 10.7. The van der Waals surface area contributed by atoms with Gasteiger partial charge in [0.15, 0.2) is 39.2 Å². The number of primary amides is 1. The van der Waals surface area contributed by atoms with Gasteiger partial charge in [0.05, 0.1) is 29.5 Å². The van der Waals surface area contributed by atoms with Crippen LogP contribution in [-0.2, 0) is 32.0 Å². The van der Waals surface area contributed by atoms with Crippen LogP contribution in [0.2, 0.25) is 0 Å². The number of carboxylic acids is 1. The lowest BCUT2D eigenvalue weighted by atomic mass is 9.43. The number of anilines is 4. The summed E-state index contributed by atoms with van der Waals surface area (Å²) in [6.45, 7) is 11.3. The first kappa shape index (κ1) is 57.0. The largest absolute Gasteiger partial charge is 0.491 e. The molecule has 22 heteroatoms. The molecule has 12 rings (SSSR count). The van der Waals surface area contributed by atoms with Gasteiger partial charge >= 0.3 is 5.97 Å². The van der Waals surface area contributed by atoms with Crippen molar-refractivity contribution >= 4 is 84.4 Å². The lowest BCUT2D eigenvalue weighted by Gasteiger charge is -2.62. The first-order valence-corrected chi connectivity index (χ1v) is 30.3. The molecular weight excluding hydrogens is 1090 g/mol. The number of fused-ring (bicyclic) bond motifs is 2. The number of hydrogen-bond acceptors (Lipinski definition) is 16. The number of carbonyl (C=O) groups excluding carboxylic acids is 4. The van der Waals surface area contributed by atoms with Crippen LogP contribution < -0.4 is 26.0 Å². The molecule has 4 bridgehead atoms. The summed E-state index contributed by atoms with van der Waals surface area (Å²) < 4.78 is 22.3. The van der Waals surface area contributed by atoms with Crippen molar-refractivity contribution in [1.82, 2.24) is 40.2 Å². The number of piperazine rings is 1. The maximum atomic E-state index is 15.4. The summed E-state index contributed by atoms with van der Waals surface area (Å²) in [5, 5.41) is 37.2. The van der Waals surface area contributed by atoms with E-state index in [2.05, 4.69) is 47.5 Å². The van der Waals surface area contributed by atoms with E-state index < -0.39 is 47.2 Å². The molecule has 434 valence electrons. The Morgan fingerprint density at radius 2 is 1.70 bits per heavy atom. The van der Waals surface area contributed by atoms with Crippen molar-refractivity contribution in [3.8, 4) is 17.6 Å². The monoisotopic (exact) mass is 1160 g/mol. The number of para-hydroxylation sites is 1. The van der Waals surface area contributed by atoms with Gasteiger partial charge in [0.2, 0.25) is 23.6 Å². The van der Waals surface area contributed by atoms with Crippen LogP contribution in [0.3, 0.4) is 0 Å². The second-order valence-electron chi connectivity index (χ2n) is 25.0. The number of nitrogens with zero attached hydrogens (tertiary/aromatic N) is 8. The molecule has 5 aromatic rings. The van der Waals surface area contributed by atoms with E-state index in [1.165, 1.54) is 22.3 Å². The number of aliphatic hydroxyl groups is 1. The number of hydrogen-bond donors (Lipinski definition) is 5. The minimum atomic E-state index is -1.12. The number of benzene rings is 2. The Labute approximate surface area is 484 Å². The summed E-state index contributed by atoms with van der Waals surface area (Å²) in [5.41, 5.74) is 7.89. The summed E-state index contributed by atoms with van der Waals surface area (Å²) >= 11 is 2.85. The highest BCUT2D eigenvalue weighted by Gasteiger charge is 2.59. The molecule has 2 aromatic carbocycles. The number of rotatable bonds is 17. The predicted molar refractivity (Wildman–Crippen MR) is 310 cm³/mol. The number of aliphatic hydroxyl groups excluding tert-OH is 1. The number of β-amino-alcohol motifs (C(OH)–C–C–N with tert-alkyl or cyclic N) is 1. The van der Waals surface area contributed by atoms with E-state index in [0.29, 0.717) is 97.6 Å². The molecule has 6 fully saturated rings. The first-order chi connectivity index (χ1) is 39.2. The van der Waals surface area contributed by atoms with E-state index in [1.54, 1.807) is 23.5 Å². The minimum Gasteiger partial charge on any atom is -0.491 e. The van der Waals surface area contributed by atoms with Gasteiger partial charge in [-0.25, -0.2) is 19.2 Å². The van der Waals surface area contributed by atoms with E-state index in [-0.39, 0.29) is 60.1 Å². The zero-order valence-electron chi connectivity index (χ0n) is 47.0. The van der Waals surface area contributed by atoms with Crippen molar-refractivity contribution in [2.45, 2.75) is 129 Å². The maximum absolute atomic E-state index is 15.4. The van der Waals surface area contributed by atoms with Gasteiger partial charge in [-0.05, 0) is 130 Å². The topological polar surface area (TPSA) is 250 Å². The van der Waals surface area contributed by atoms with Crippen LogP contribution >= 0.6 is 22.7 Å². The number of aromatic nitrogens is 4. The van der Waals surface area contributed by atoms with Crippen LogP contribution in [-0.4, -0.2) is 145 Å². The average Bonchev–Trinajstić information content (AvgIpc) is 1.98. The highest BCUT2D eigenvalue weighted by molar-refractivity contribution is 7.22. The number of likely N-dealkylation sites (tertiary alicyclic amines) is 1. The van der Waals surface area contributed by atoms with Crippen molar-refractivity contribution in [3.63, 3.8) is 0 Å². The van der Waals surface area contributed by atoms with Gasteiger partial charge in [-0.1, -0.05) is 56.1 Å². The molecule has 19 nitrogen and oxygen atoms in total. The molecule has 82 heavy (non-hydrogen) atoms. The molecule has 0 radical (unpaired) electrons. The van der Waals surface area contributed by atoms with E-state index in [1.807, 2.05) is 61.8 Å². The first-order valence-electron chi connectivity index (χ1n) is 28.7. The quantitative estimate of drug-likeness (QED) is 0.0450. The average molecular weight is 1160 g/mol. The Morgan fingerprint density at radius 3 is 2.40 bits per heavy atom. The van der Waals surface area contributed by atoms with Crippen LogP contribution in [0.25, 0.3) is 10.2 Å². The fourth-order valence-electron chi connectivity index (χ4n) is 14.4. The molecule has 5 atom stereocenters. The highest BCUT2D eigenvalue weighted by atomic mass is 32.1. The fraction of sp³-hybridized carbons (Fsp3) is 0.550. The second kappa shape index (κ2) is 23.1. The zero-order chi connectivity index (χ0) is 57.7. The van der Waals surface area contributed by atoms with Gasteiger partial charge in [0.25, 0.3) is 0 Å². The predicted octanol–water partition coefficient (Wildman–Crippen LogP) is 7.37. The molecule has 4 saturated carbocycles. The Bertz CT molecular complexity index is 3310. The Balaban J connectivity index is 0.634. The van der Waals surface area contributed by atoms with E-state index in [4.69, 9.17) is 10.5 Å². The Kier molecular flexibility index (Phi) is 16.1. The number of halogens is 1. The summed E-state index contributed by atoms with van der Waals surface area (Å²) in [7, 11) is 0. The number of carbonyl (C=O) groups is 5. The lowest BCUT2D eigenvalue weighted by molar-refractivity contribution is -0.154. The van der Waals surface area contributed by atoms with Crippen LogP contribution in [0.4, 0.5) is 26.3 Å². The number of nitrogens with one attached hydrogen (secondary N) is 2. The Hall–Kier alpha value is -6.80. The zero-order valence-corrected chi connectivity index (χ0v) is 48.6. The summed E-state index contributed by atoms with van der Waals surface area (Å²) in [5.74, 6) is 5.71. The van der Waals surface area contributed by atoms with Gasteiger partial charge in [-0.15, -0.1) is 21.5 Å². The van der Waals surface area contributed by atoms with Crippen molar-refractivity contribution in [2.75, 3.05) is 62.6 Å². The number of ether oxygens (including phenoxy) is 1. The second-order valence-corrected chi connectivity index (χ2v) is 27.0. The molecule has 6 N–H and O–H groups in total. The van der Waals surface area contributed by atoms with Crippen molar-refractivity contribution in [2.24, 2.45) is 33.8 Å². The molecular formula is C60H72FN11O8S2. The fourth-order valence-corrected chi connectivity index (χ4v) is 16.4. The maximum Gasteiger partial charge on any atom is 0.355 e. The standard InChI is InChI=1S/C60H72FN11O8S2/c1-35-40-11-8-18-71(53(40)68-67-52(35)66-56-63-42-12-5-6-13-45(42)81-56)57-65-49(55(78)79)46(82-57)14-9-23-80-44-16-15-36(25-41(44)61)10-7-17-69-19-21-70(22-20-69)48(75)32-60-29-37-24-38(30-60)28-59(27-37,34-60)31-47(74)64-50(58(2,3)4)54(77)72-33-39(73)26-43(72)51(62)76/h5-6,12-13,15-16,25,37-39,43,50,73H,8-9,11,14,17-24,26-34H2,1-4H3,(H2,62,76)(H,64,74)(H,78,79)(H,63,66,67)/t37?,38?,39-,43+,50-,59?,60?/m1/s1. The van der Waals surface area contributed by atoms with Gasteiger partial charge in [-0.3, -0.25) is 24.1 Å². The number of nitrogens with two attached hydrogens (primary N) is 1. The summed E-state index contributed by atoms with van der Waals surface area (Å²) in [6.07, 6.45) is 8.13. The van der Waals surface area contributed by atoms with E-state index >= 15 is 4.39 Å². The van der Waals surface area contributed by atoms with Crippen molar-refractivity contribution in [1.29, 1.82) is 0 Å². The number of aromatic carboxylic acids is 1. The lowest BCUT2D eigenvalue weighted by Crippen LogP contribution is -2.59. The van der Waals surface area contributed by atoms with E-state index in [9.17, 15) is 34.2 Å². The third kappa shape index (κ3) is 12.2. The molecule has 4 aliphatic carbocycles. The van der Waals surface area contributed by atoms with Gasteiger partial charge < -0.3 is 46.0 Å². The SMILES string of the molecule is Cc1c(Nc2nc3ccccc3s2)nnc2c1CCCN2c1nc(C(=O)O)c(CCCOc2ccc(C#CCN3CCN(C(=O)CC45CC6CC(CC(CC(=O)N[C@H](C(=O)N7C[C@H](O)C[C@H]7C(N)=O)C(C)(C)C)(C6)C4)C5)CC3)cc2F)s1. The third-order valence-corrected chi connectivity index (χ3v) is 19.8. The van der Waals surface area contributed by atoms with Gasteiger partial charge in [-0.2, -0.15) is 0 Å². The normalized spacial score (nSPS) is 24.4. The molecule has 0 spiro atoms. The smallest absolute Gasteiger partial charge is 0.355 e. The number of thiazole rings is 2. The molecule has 2 saturated heterocycles. The Morgan fingerprint density at radius 1 is 0.951 bits per heavy atom. The molecule has 3 aromatic heterocycles. The minimum absolute atomic E-state index is 0.0115. The molecule has 6 heterocycles. The van der Waals surface area contributed by atoms with Crippen LogP contribution in [0.1, 0.15) is 123 Å². The molecule has 3 aliphatic heterocycles. The molecule has 7 aliphatic rings. The third-order valence-electron chi connectivity index (χ3n) is 17.7. The van der Waals surface area contributed by atoms with Crippen molar-refractivity contribution < 1.29 is 43.3 Å². The molecule has 4 amide bonds. The summed E-state index contributed by atoms with van der Waals surface area (Å²) in [4.78, 5) is 83.9. The van der Waals surface area contributed by atoms with Gasteiger partial charge in [0.1, 0.15) is 12.1 Å². The number of carboxylic acid groups (broad SMARTS) is 1. The van der Waals surface area contributed by atoms with Crippen molar-refractivity contribution in [3.05, 3.63) is 75.5 Å². The van der Waals surface area contributed by atoms with Crippen LogP contribution in [0.15, 0.2) is 42.5 Å². The van der Waals surface area contributed by atoms with Gasteiger partial charge in [0, 0.05) is 80.1 Å².